The van der Waals surface area contributed by atoms with E-state index in [9.17, 15) is 0 Å². The van der Waals surface area contributed by atoms with Crippen LogP contribution >= 0.6 is 11.6 Å². The zero-order valence-corrected chi connectivity index (χ0v) is 16.3. The van der Waals surface area contributed by atoms with Crippen molar-refractivity contribution in [1.29, 1.82) is 0 Å². The Balaban J connectivity index is 1.96. The highest BCUT2D eigenvalue weighted by Crippen LogP contribution is 2.34. The lowest BCUT2D eigenvalue weighted by Gasteiger charge is -2.15. The Bertz CT molecular complexity index is 691. The van der Waals surface area contributed by atoms with Crippen LogP contribution in [0.5, 0.6) is 11.5 Å². The Morgan fingerprint density at radius 1 is 1.04 bits per heavy atom. The van der Waals surface area contributed by atoms with Crippen LogP contribution in [0.1, 0.15) is 36.0 Å². The minimum Gasteiger partial charge on any atom is -0.493 e. The third kappa shape index (κ3) is 6.20. The van der Waals surface area contributed by atoms with Gasteiger partial charge in [-0.1, -0.05) is 35.9 Å². The number of nitrogens with one attached hydrogen (secondary N) is 1. The van der Waals surface area contributed by atoms with Gasteiger partial charge in [0, 0.05) is 24.2 Å². The lowest BCUT2D eigenvalue weighted by atomic mass is 10.1. The maximum atomic E-state index is 8.79. The standard InChI is InChI=1S/C21H28ClNO3/c1-16-8-4-5-9-17(16)15-26-21-13-19(22)18(12-20(21)25-2)14-23-10-6-3-7-11-24/h4-5,8-9,12-13,23-24H,3,6-7,10-11,14-15H2,1-2H3. The second kappa shape index (κ2) is 11.1. The van der Waals surface area contributed by atoms with Gasteiger partial charge in [-0.3, -0.25) is 0 Å². The summed E-state index contributed by atoms with van der Waals surface area (Å²) >= 11 is 6.43. The molecule has 0 fully saturated rings. The summed E-state index contributed by atoms with van der Waals surface area (Å²) in [5.41, 5.74) is 3.31. The Kier molecular flexibility index (Phi) is 8.75. The molecule has 0 unspecified atom stereocenters. The van der Waals surface area contributed by atoms with Crippen LogP contribution in [0.4, 0.5) is 0 Å². The van der Waals surface area contributed by atoms with Crippen molar-refractivity contribution >= 4 is 11.6 Å². The summed E-state index contributed by atoms with van der Waals surface area (Å²) in [5.74, 6) is 1.33. The number of aliphatic hydroxyl groups excluding tert-OH is 1. The van der Waals surface area contributed by atoms with Crippen LogP contribution in [0.3, 0.4) is 0 Å². The highest BCUT2D eigenvalue weighted by Gasteiger charge is 2.11. The second-order valence-corrected chi connectivity index (χ2v) is 6.68. The van der Waals surface area contributed by atoms with Gasteiger partial charge >= 0.3 is 0 Å². The van der Waals surface area contributed by atoms with Crippen LogP contribution in [0.15, 0.2) is 36.4 Å². The van der Waals surface area contributed by atoms with Crippen molar-refractivity contribution < 1.29 is 14.6 Å². The Hall–Kier alpha value is -1.75. The van der Waals surface area contributed by atoms with Crippen molar-refractivity contribution in [3.05, 3.63) is 58.1 Å². The van der Waals surface area contributed by atoms with Gasteiger partial charge in [0.1, 0.15) is 6.61 Å². The lowest BCUT2D eigenvalue weighted by Crippen LogP contribution is -2.15. The second-order valence-electron chi connectivity index (χ2n) is 6.27. The van der Waals surface area contributed by atoms with Crippen LogP contribution < -0.4 is 14.8 Å². The molecule has 0 radical (unpaired) electrons. The molecule has 0 aromatic heterocycles. The number of unbranched alkanes of at least 4 members (excludes halogenated alkanes) is 2. The molecular weight excluding hydrogens is 350 g/mol. The third-order valence-corrected chi connectivity index (χ3v) is 4.66. The quantitative estimate of drug-likeness (QED) is 0.566. The fourth-order valence-corrected chi connectivity index (χ4v) is 2.89. The molecule has 0 atom stereocenters. The Morgan fingerprint density at radius 2 is 1.85 bits per heavy atom. The van der Waals surface area contributed by atoms with E-state index in [0.717, 1.165) is 36.9 Å². The largest absolute Gasteiger partial charge is 0.493 e. The van der Waals surface area contributed by atoms with Gasteiger partial charge in [0.2, 0.25) is 0 Å². The van der Waals surface area contributed by atoms with E-state index in [1.807, 2.05) is 24.3 Å². The molecule has 4 nitrogen and oxygen atoms in total. The van der Waals surface area contributed by atoms with Crippen LogP contribution in [-0.4, -0.2) is 25.4 Å². The monoisotopic (exact) mass is 377 g/mol. The van der Waals surface area contributed by atoms with Gasteiger partial charge in [-0.2, -0.15) is 0 Å². The Morgan fingerprint density at radius 3 is 2.58 bits per heavy atom. The molecule has 0 aliphatic heterocycles. The molecule has 0 bridgehead atoms. The zero-order valence-electron chi connectivity index (χ0n) is 15.6. The number of methoxy groups -OCH3 is 1. The molecule has 0 spiro atoms. The molecule has 0 aliphatic carbocycles. The van der Waals surface area contributed by atoms with Gasteiger partial charge in [0.15, 0.2) is 11.5 Å². The smallest absolute Gasteiger partial charge is 0.163 e. The molecule has 0 saturated heterocycles. The van der Waals surface area contributed by atoms with Crippen LogP contribution in [0.25, 0.3) is 0 Å². The number of rotatable bonds is 11. The summed E-state index contributed by atoms with van der Waals surface area (Å²) in [7, 11) is 1.63. The molecule has 0 heterocycles. The van der Waals surface area contributed by atoms with Crippen molar-refractivity contribution in [3.63, 3.8) is 0 Å². The number of hydrogen-bond donors (Lipinski definition) is 2. The number of hydrogen-bond acceptors (Lipinski definition) is 4. The molecule has 142 valence electrons. The summed E-state index contributed by atoms with van der Waals surface area (Å²) < 4.78 is 11.4. The van der Waals surface area contributed by atoms with E-state index in [0.29, 0.717) is 29.7 Å². The van der Waals surface area contributed by atoms with Crippen molar-refractivity contribution in [2.45, 2.75) is 39.3 Å². The normalized spacial score (nSPS) is 10.8. The summed E-state index contributed by atoms with van der Waals surface area (Å²) in [6, 6.07) is 11.9. The molecule has 0 saturated carbocycles. The summed E-state index contributed by atoms with van der Waals surface area (Å²) in [4.78, 5) is 0. The topological polar surface area (TPSA) is 50.7 Å². The molecule has 2 aromatic rings. The average Bonchev–Trinajstić information content (AvgIpc) is 2.65. The van der Waals surface area contributed by atoms with E-state index in [1.54, 1.807) is 7.11 Å². The number of aryl methyl sites for hydroxylation is 1. The fourth-order valence-electron chi connectivity index (χ4n) is 2.67. The molecule has 0 aliphatic rings. The first-order valence-electron chi connectivity index (χ1n) is 9.01. The minimum atomic E-state index is 0.257. The lowest BCUT2D eigenvalue weighted by molar-refractivity contribution is 0.282. The number of aliphatic hydroxyl groups is 1. The molecule has 5 heteroatoms. The van der Waals surface area contributed by atoms with Gasteiger partial charge in [-0.25, -0.2) is 0 Å². The first-order chi connectivity index (χ1) is 12.7. The third-order valence-electron chi connectivity index (χ3n) is 4.30. The van der Waals surface area contributed by atoms with Crippen LogP contribution in [0.2, 0.25) is 5.02 Å². The van der Waals surface area contributed by atoms with Gasteiger partial charge in [-0.05, 0) is 55.5 Å². The highest BCUT2D eigenvalue weighted by molar-refractivity contribution is 6.31. The predicted molar refractivity (Wildman–Crippen MR) is 106 cm³/mol. The maximum Gasteiger partial charge on any atom is 0.163 e. The predicted octanol–water partition coefficient (Wildman–Crippen LogP) is 4.49. The molecule has 2 rings (SSSR count). The zero-order chi connectivity index (χ0) is 18.8. The number of ether oxygens (including phenoxy) is 2. The van der Waals surface area contributed by atoms with Gasteiger partial charge in [-0.15, -0.1) is 0 Å². The highest BCUT2D eigenvalue weighted by atomic mass is 35.5. The van der Waals surface area contributed by atoms with Gasteiger partial charge in [0.25, 0.3) is 0 Å². The van der Waals surface area contributed by atoms with Crippen molar-refractivity contribution in [1.82, 2.24) is 5.32 Å². The average molecular weight is 378 g/mol. The summed E-state index contributed by atoms with van der Waals surface area (Å²) in [6.45, 7) is 4.36. The number of benzene rings is 2. The minimum absolute atomic E-state index is 0.257. The maximum absolute atomic E-state index is 8.79. The van der Waals surface area contributed by atoms with Crippen molar-refractivity contribution in [2.75, 3.05) is 20.3 Å². The van der Waals surface area contributed by atoms with Crippen molar-refractivity contribution in [2.24, 2.45) is 0 Å². The molecule has 26 heavy (non-hydrogen) atoms. The van der Waals surface area contributed by atoms with E-state index in [-0.39, 0.29) is 6.61 Å². The summed E-state index contributed by atoms with van der Waals surface area (Å²) in [6.07, 6.45) is 2.91. The van der Waals surface area contributed by atoms with Crippen LogP contribution in [-0.2, 0) is 13.2 Å². The van der Waals surface area contributed by atoms with E-state index >= 15 is 0 Å². The first-order valence-corrected chi connectivity index (χ1v) is 9.38. The van der Waals surface area contributed by atoms with E-state index < -0.39 is 0 Å². The molecule has 2 N–H and O–H groups in total. The summed E-state index contributed by atoms with van der Waals surface area (Å²) in [5, 5.41) is 12.8. The fraction of sp³-hybridized carbons (Fsp3) is 0.429. The molecule has 2 aromatic carbocycles. The van der Waals surface area contributed by atoms with E-state index in [4.69, 9.17) is 26.2 Å². The Labute approximate surface area is 161 Å². The first kappa shape index (κ1) is 20.6. The molecular formula is C21H28ClNO3. The van der Waals surface area contributed by atoms with Crippen LogP contribution in [0, 0.1) is 6.92 Å². The van der Waals surface area contributed by atoms with E-state index in [2.05, 4.69) is 24.4 Å². The molecule has 0 amide bonds. The van der Waals surface area contributed by atoms with Gasteiger partial charge in [0.05, 0.1) is 7.11 Å². The number of halogens is 1. The SMILES string of the molecule is COc1cc(CNCCCCCO)c(Cl)cc1OCc1ccccc1C. The van der Waals surface area contributed by atoms with Gasteiger partial charge < -0.3 is 19.9 Å². The van der Waals surface area contributed by atoms with Crippen molar-refractivity contribution in [3.8, 4) is 11.5 Å². The van der Waals surface area contributed by atoms with E-state index in [1.165, 1.54) is 5.56 Å².